The van der Waals surface area contributed by atoms with Crippen molar-refractivity contribution >= 4 is 34.1 Å². The van der Waals surface area contributed by atoms with Gasteiger partial charge in [0.05, 0.1) is 18.5 Å². The quantitative estimate of drug-likeness (QED) is 0.429. The van der Waals surface area contributed by atoms with Crippen molar-refractivity contribution in [3.63, 3.8) is 0 Å². The van der Waals surface area contributed by atoms with Gasteiger partial charge in [0.15, 0.2) is 15.8 Å². The normalized spacial score (nSPS) is 12.0. The fraction of sp³-hybridized carbons (Fsp3) is 0.333. The third kappa shape index (κ3) is 4.87. The number of carbonyl (C=O) groups is 1. The van der Waals surface area contributed by atoms with E-state index >= 15 is 0 Å². The standard InChI is InChI=1S/C18H20FN5O2S2/c1-4-11(3)27-18-22-21-17(28-18)20-16(25)15-14(26-5-2)10-24(23-15)13-8-6-12(19)7-9-13/h6-11H,4-5H2,1-3H3,(H,20,21,25). The molecule has 0 bridgehead atoms. The lowest BCUT2D eigenvalue weighted by Gasteiger charge is -2.03. The number of thioether (sulfide) groups is 1. The summed E-state index contributed by atoms with van der Waals surface area (Å²) in [5.41, 5.74) is 0.738. The molecule has 0 aliphatic rings. The smallest absolute Gasteiger partial charge is 0.281 e. The Balaban J connectivity index is 1.79. The van der Waals surface area contributed by atoms with Crippen LogP contribution in [0.4, 0.5) is 9.52 Å². The maximum atomic E-state index is 13.2. The van der Waals surface area contributed by atoms with Crippen LogP contribution < -0.4 is 10.1 Å². The van der Waals surface area contributed by atoms with Gasteiger partial charge in [0, 0.05) is 5.25 Å². The summed E-state index contributed by atoms with van der Waals surface area (Å²) in [4.78, 5) is 12.7. The molecule has 1 atom stereocenters. The third-order valence-electron chi connectivity index (χ3n) is 3.79. The highest BCUT2D eigenvalue weighted by Gasteiger charge is 2.21. The van der Waals surface area contributed by atoms with E-state index in [0.29, 0.717) is 28.4 Å². The van der Waals surface area contributed by atoms with Gasteiger partial charge in [-0.25, -0.2) is 9.07 Å². The number of nitrogens with zero attached hydrogens (tertiary/aromatic N) is 4. The molecule has 1 amide bonds. The highest BCUT2D eigenvalue weighted by Crippen LogP contribution is 2.30. The first-order valence-corrected chi connectivity index (χ1v) is 10.5. The Morgan fingerprint density at radius 1 is 1.32 bits per heavy atom. The monoisotopic (exact) mass is 421 g/mol. The summed E-state index contributed by atoms with van der Waals surface area (Å²) in [6.07, 6.45) is 2.61. The van der Waals surface area contributed by atoms with E-state index < -0.39 is 5.91 Å². The van der Waals surface area contributed by atoms with Gasteiger partial charge in [0.1, 0.15) is 5.82 Å². The number of benzene rings is 1. The molecule has 0 aliphatic heterocycles. The van der Waals surface area contributed by atoms with Crippen LogP contribution in [0.2, 0.25) is 0 Å². The first-order valence-electron chi connectivity index (χ1n) is 8.80. The van der Waals surface area contributed by atoms with Gasteiger partial charge in [0.25, 0.3) is 5.91 Å². The fourth-order valence-electron chi connectivity index (χ4n) is 2.22. The second kappa shape index (κ2) is 9.16. The van der Waals surface area contributed by atoms with E-state index in [9.17, 15) is 9.18 Å². The van der Waals surface area contributed by atoms with Crippen molar-refractivity contribution in [2.75, 3.05) is 11.9 Å². The lowest BCUT2D eigenvalue weighted by molar-refractivity contribution is 0.101. The fourth-order valence-corrected chi connectivity index (χ4v) is 4.22. The topological polar surface area (TPSA) is 81.9 Å². The van der Waals surface area contributed by atoms with Crippen LogP contribution in [0.15, 0.2) is 34.8 Å². The first-order chi connectivity index (χ1) is 13.5. The van der Waals surface area contributed by atoms with Crippen molar-refractivity contribution < 1.29 is 13.9 Å². The zero-order chi connectivity index (χ0) is 20.1. The number of rotatable bonds is 8. The molecule has 2 aromatic heterocycles. The lowest BCUT2D eigenvalue weighted by Crippen LogP contribution is -2.14. The molecule has 0 fully saturated rings. The van der Waals surface area contributed by atoms with Crippen LogP contribution in [0.3, 0.4) is 0 Å². The van der Waals surface area contributed by atoms with E-state index in [4.69, 9.17) is 4.74 Å². The summed E-state index contributed by atoms with van der Waals surface area (Å²) in [6, 6.07) is 5.80. The van der Waals surface area contributed by atoms with Crippen molar-refractivity contribution in [3.05, 3.63) is 42.0 Å². The summed E-state index contributed by atoms with van der Waals surface area (Å²) in [5.74, 6) is -0.454. The SMILES string of the molecule is CCOc1cn(-c2ccc(F)cc2)nc1C(=O)Nc1nnc(SC(C)CC)s1. The van der Waals surface area contributed by atoms with E-state index in [2.05, 4.69) is 34.5 Å². The minimum atomic E-state index is -0.444. The van der Waals surface area contributed by atoms with Crippen molar-refractivity contribution in [3.8, 4) is 11.4 Å². The molecule has 148 valence electrons. The van der Waals surface area contributed by atoms with E-state index in [1.807, 2.05) is 6.92 Å². The molecule has 0 aliphatic carbocycles. The number of aromatic nitrogens is 4. The van der Waals surface area contributed by atoms with Gasteiger partial charge in [-0.05, 0) is 37.6 Å². The molecule has 28 heavy (non-hydrogen) atoms. The third-order valence-corrected chi connectivity index (χ3v) is 5.98. The van der Waals surface area contributed by atoms with Crippen molar-refractivity contribution in [2.24, 2.45) is 0 Å². The van der Waals surface area contributed by atoms with Crippen LogP contribution in [-0.2, 0) is 0 Å². The molecule has 1 N–H and O–H groups in total. The maximum Gasteiger partial charge on any atom is 0.281 e. The van der Waals surface area contributed by atoms with Crippen LogP contribution in [0.1, 0.15) is 37.7 Å². The van der Waals surface area contributed by atoms with Gasteiger partial charge >= 0.3 is 0 Å². The van der Waals surface area contributed by atoms with Crippen LogP contribution in [0.5, 0.6) is 5.75 Å². The molecule has 3 rings (SSSR count). The highest BCUT2D eigenvalue weighted by molar-refractivity contribution is 8.01. The Bertz CT molecular complexity index is 942. The number of amides is 1. The Morgan fingerprint density at radius 3 is 2.75 bits per heavy atom. The van der Waals surface area contributed by atoms with Crippen LogP contribution in [0.25, 0.3) is 5.69 Å². The number of nitrogens with one attached hydrogen (secondary N) is 1. The molecule has 0 radical (unpaired) electrons. The van der Waals surface area contributed by atoms with Gasteiger partial charge in [-0.1, -0.05) is 36.9 Å². The summed E-state index contributed by atoms with van der Waals surface area (Å²) in [6.45, 7) is 6.42. The molecular weight excluding hydrogens is 401 g/mol. The van der Waals surface area contributed by atoms with Crippen LogP contribution in [-0.4, -0.2) is 37.7 Å². The van der Waals surface area contributed by atoms with Gasteiger partial charge in [-0.2, -0.15) is 5.10 Å². The lowest BCUT2D eigenvalue weighted by atomic mass is 10.3. The van der Waals surface area contributed by atoms with Gasteiger partial charge in [-0.3, -0.25) is 10.1 Å². The summed E-state index contributed by atoms with van der Waals surface area (Å²) < 4.78 is 21.0. The molecule has 3 aromatic rings. The average Bonchev–Trinajstić information content (AvgIpc) is 3.29. The Hall–Kier alpha value is -2.46. The molecule has 0 spiro atoms. The minimum absolute atomic E-state index is 0.123. The largest absolute Gasteiger partial charge is 0.490 e. The second-order valence-electron chi connectivity index (χ2n) is 5.86. The average molecular weight is 422 g/mol. The molecule has 2 heterocycles. The Morgan fingerprint density at radius 2 is 2.07 bits per heavy atom. The van der Waals surface area contributed by atoms with Crippen molar-refractivity contribution in [1.29, 1.82) is 0 Å². The number of hydrogen-bond donors (Lipinski definition) is 1. The van der Waals surface area contributed by atoms with Gasteiger partial charge in [-0.15, -0.1) is 10.2 Å². The maximum absolute atomic E-state index is 13.2. The highest BCUT2D eigenvalue weighted by atomic mass is 32.2. The van der Waals surface area contributed by atoms with E-state index in [1.165, 1.54) is 28.2 Å². The number of ether oxygens (including phenoxy) is 1. The molecular formula is C18H20FN5O2S2. The zero-order valence-corrected chi connectivity index (χ0v) is 17.3. The van der Waals surface area contributed by atoms with Gasteiger partial charge < -0.3 is 4.74 Å². The molecule has 1 aromatic carbocycles. The molecule has 0 saturated carbocycles. The zero-order valence-electron chi connectivity index (χ0n) is 15.7. The number of anilines is 1. The summed E-state index contributed by atoms with van der Waals surface area (Å²) in [5, 5.41) is 16.0. The summed E-state index contributed by atoms with van der Waals surface area (Å²) >= 11 is 2.93. The first kappa shape index (κ1) is 20.3. The summed E-state index contributed by atoms with van der Waals surface area (Å²) in [7, 11) is 0. The Labute approximate surface area is 170 Å². The molecule has 7 nitrogen and oxygen atoms in total. The minimum Gasteiger partial charge on any atom is -0.490 e. The number of carbonyl (C=O) groups excluding carboxylic acids is 1. The van der Waals surface area contributed by atoms with E-state index in [0.717, 1.165) is 10.8 Å². The van der Waals surface area contributed by atoms with Crippen molar-refractivity contribution in [1.82, 2.24) is 20.0 Å². The molecule has 1 unspecified atom stereocenters. The molecule has 10 heteroatoms. The Kier molecular flexibility index (Phi) is 6.63. The molecule has 0 saturated heterocycles. The van der Waals surface area contributed by atoms with Crippen LogP contribution >= 0.6 is 23.1 Å². The van der Waals surface area contributed by atoms with E-state index in [-0.39, 0.29) is 11.5 Å². The van der Waals surface area contributed by atoms with E-state index in [1.54, 1.807) is 30.1 Å². The number of hydrogen-bond acceptors (Lipinski definition) is 7. The second-order valence-corrected chi connectivity index (χ2v) is 8.52. The predicted molar refractivity (Wildman–Crippen MR) is 108 cm³/mol. The number of halogens is 1. The van der Waals surface area contributed by atoms with Crippen LogP contribution in [0, 0.1) is 5.82 Å². The van der Waals surface area contributed by atoms with Gasteiger partial charge in [0.2, 0.25) is 5.13 Å². The van der Waals surface area contributed by atoms with Crippen molar-refractivity contribution in [2.45, 2.75) is 36.8 Å². The predicted octanol–water partition coefficient (Wildman–Crippen LogP) is 4.40.